The lowest BCUT2D eigenvalue weighted by Crippen LogP contribution is -1.94. The van der Waals surface area contributed by atoms with Gasteiger partial charge >= 0.3 is 12.3 Å². The molecule has 1 aliphatic carbocycles. The number of rotatable bonds is 1. The van der Waals surface area contributed by atoms with E-state index in [0.29, 0.717) is 5.92 Å². The van der Waals surface area contributed by atoms with Crippen LogP contribution in [-0.2, 0) is 6.42 Å². The summed E-state index contributed by atoms with van der Waals surface area (Å²) in [7, 11) is 0. The molecule has 2 aromatic carbocycles. The van der Waals surface area contributed by atoms with Gasteiger partial charge in [0.25, 0.3) is 0 Å². The highest BCUT2D eigenvalue weighted by Gasteiger charge is 2.22. The molecule has 0 radical (unpaired) electrons. The van der Waals surface area contributed by atoms with Crippen LogP contribution in [0.3, 0.4) is 0 Å². The molecule has 1 atom stereocenters. The molecular weight excluding hydrogens is 300 g/mol. The summed E-state index contributed by atoms with van der Waals surface area (Å²) in [6.45, 7) is 0. The molecule has 23 heavy (non-hydrogen) atoms. The summed E-state index contributed by atoms with van der Waals surface area (Å²) in [5.41, 5.74) is 4.53. The van der Waals surface area contributed by atoms with Crippen molar-refractivity contribution < 1.29 is 30.0 Å². The summed E-state index contributed by atoms with van der Waals surface area (Å²) in [5.74, 6) is 0.627. The van der Waals surface area contributed by atoms with Gasteiger partial charge in [-0.05, 0) is 29.5 Å². The fraction of sp³-hybridized carbons (Fsp3) is 0.176. The van der Waals surface area contributed by atoms with Crippen LogP contribution in [0.4, 0.5) is 9.59 Å². The maximum Gasteiger partial charge on any atom is 0.503 e. The van der Waals surface area contributed by atoms with Crippen LogP contribution in [0.1, 0.15) is 29.0 Å². The molecule has 6 heteroatoms. The van der Waals surface area contributed by atoms with Crippen LogP contribution in [0.5, 0.6) is 0 Å². The Morgan fingerprint density at radius 1 is 0.783 bits per heavy atom. The zero-order chi connectivity index (χ0) is 17.2. The zero-order valence-corrected chi connectivity index (χ0v) is 12.3. The quantitative estimate of drug-likeness (QED) is 0.626. The van der Waals surface area contributed by atoms with E-state index >= 15 is 0 Å². The van der Waals surface area contributed by atoms with Crippen molar-refractivity contribution in [2.45, 2.75) is 18.8 Å². The summed E-state index contributed by atoms with van der Waals surface area (Å²) >= 11 is 0. The summed E-state index contributed by atoms with van der Waals surface area (Å²) in [4.78, 5) is 17.1. The molecule has 1 unspecified atom stereocenters. The van der Waals surface area contributed by atoms with Gasteiger partial charge in [-0.2, -0.15) is 0 Å². The Bertz CT molecular complexity index is 619. The second-order valence-corrected chi connectivity index (χ2v) is 4.77. The summed E-state index contributed by atoms with van der Waals surface area (Å²) in [5, 5.41) is 27.9. The fourth-order valence-electron chi connectivity index (χ4n) is 2.59. The first-order valence-corrected chi connectivity index (χ1v) is 6.88. The third-order valence-electron chi connectivity index (χ3n) is 3.33. The van der Waals surface area contributed by atoms with E-state index in [1.165, 1.54) is 29.5 Å². The molecule has 0 amide bonds. The topological polar surface area (TPSA) is 115 Å². The minimum absolute atomic E-state index is 0.627. The Morgan fingerprint density at radius 3 is 1.83 bits per heavy atom. The van der Waals surface area contributed by atoms with Crippen LogP contribution in [-0.4, -0.2) is 32.7 Å². The fourth-order valence-corrected chi connectivity index (χ4v) is 2.59. The maximum atomic E-state index is 8.56. The number of benzene rings is 2. The van der Waals surface area contributed by atoms with Crippen LogP contribution in [0.25, 0.3) is 0 Å². The highest BCUT2D eigenvalue weighted by Crippen LogP contribution is 2.37. The maximum absolute atomic E-state index is 8.56. The van der Waals surface area contributed by atoms with Gasteiger partial charge in [-0.25, -0.2) is 9.59 Å². The van der Waals surface area contributed by atoms with Crippen molar-refractivity contribution >= 4 is 12.3 Å². The molecule has 0 saturated heterocycles. The molecule has 0 aliphatic heterocycles. The van der Waals surface area contributed by atoms with Crippen molar-refractivity contribution in [1.82, 2.24) is 0 Å². The van der Waals surface area contributed by atoms with Gasteiger partial charge in [-0.3, -0.25) is 0 Å². The highest BCUT2D eigenvalue weighted by molar-refractivity contribution is 5.53. The SMILES string of the molecule is O=C(O)O.O=C(O)O.c1ccc(C2CCc3ccccc32)cc1. The predicted molar refractivity (Wildman–Crippen MR) is 84.4 cm³/mol. The largest absolute Gasteiger partial charge is 0.503 e. The molecule has 0 heterocycles. The van der Waals surface area contributed by atoms with Crippen LogP contribution >= 0.6 is 0 Å². The van der Waals surface area contributed by atoms with E-state index in [1.54, 1.807) is 0 Å². The standard InChI is InChI=1S/C15H14.2CH2O3/c1-2-6-12(7-3-1)15-11-10-13-8-4-5-9-14(13)15;2*2-1(3)4/h1-9,15H,10-11H2;2*(H2,2,3,4). The van der Waals surface area contributed by atoms with Gasteiger partial charge in [0.1, 0.15) is 0 Å². The molecule has 122 valence electrons. The summed E-state index contributed by atoms with van der Waals surface area (Å²) in [6, 6.07) is 19.7. The van der Waals surface area contributed by atoms with Gasteiger partial charge in [-0.15, -0.1) is 0 Å². The van der Waals surface area contributed by atoms with Gasteiger partial charge in [-0.1, -0.05) is 54.6 Å². The van der Waals surface area contributed by atoms with Crippen molar-refractivity contribution in [3.8, 4) is 0 Å². The number of hydrogen-bond acceptors (Lipinski definition) is 2. The van der Waals surface area contributed by atoms with Crippen molar-refractivity contribution in [3.05, 3.63) is 71.3 Å². The number of carbonyl (C=O) groups is 2. The van der Waals surface area contributed by atoms with E-state index in [4.69, 9.17) is 30.0 Å². The van der Waals surface area contributed by atoms with Crippen molar-refractivity contribution in [2.24, 2.45) is 0 Å². The molecule has 0 saturated carbocycles. The molecule has 0 aromatic heterocycles. The van der Waals surface area contributed by atoms with Crippen molar-refractivity contribution in [3.63, 3.8) is 0 Å². The molecule has 1 aliphatic rings. The van der Waals surface area contributed by atoms with E-state index in [0.717, 1.165) is 0 Å². The first kappa shape index (κ1) is 18.0. The minimum Gasteiger partial charge on any atom is -0.450 e. The molecule has 0 spiro atoms. The van der Waals surface area contributed by atoms with Crippen LogP contribution < -0.4 is 0 Å². The van der Waals surface area contributed by atoms with Crippen LogP contribution in [0, 0.1) is 0 Å². The molecule has 2 aromatic rings. The lowest BCUT2D eigenvalue weighted by Gasteiger charge is -2.11. The Kier molecular flexibility index (Phi) is 7.13. The second kappa shape index (κ2) is 9.09. The Hall–Kier alpha value is -3.02. The molecule has 4 N–H and O–H groups in total. The van der Waals surface area contributed by atoms with E-state index in [9.17, 15) is 0 Å². The van der Waals surface area contributed by atoms with Gasteiger partial charge in [0.05, 0.1) is 0 Å². The molecular formula is C17H18O6. The van der Waals surface area contributed by atoms with Crippen molar-refractivity contribution in [2.75, 3.05) is 0 Å². The Morgan fingerprint density at radius 2 is 1.26 bits per heavy atom. The lowest BCUT2D eigenvalue weighted by atomic mass is 9.93. The highest BCUT2D eigenvalue weighted by atomic mass is 16.6. The van der Waals surface area contributed by atoms with E-state index in [1.807, 2.05) is 0 Å². The third-order valence-corrected chi connectivity index (χ3v) is 3.33. The van der Waals surface area contributed by atoms with Gasteiger partial charge in [0.15, 0.2) is 0 Å². The Balaban J connectivity index is 0.000000281. The number of aryl methyl sites for hydroxylation is 1. The monoisotopic (exact) mass is 318 g/mol. The summed E-state index contributed by atoms with van der Waals surface area (Å²) < 4.78 is 0. The molecule has 6 nitrogen and oxygen atoms in total. The summed E-state index contributed by atoms with van der Waals surface area (Å²) in [6.07, 6.45) is -1.17. The average molecular weight is 318 g/mol. The number of fused-ring (bicyclic) bond motifs is 1. The van der Waals surface area contributed by atoms with Gasteiger partial charge < -0.3 is 20.4 Å². The van der Waals surface area contributed by atoms with E-state index in [-0.39, 0.29) is 0 Å². The Labute approximate surface area is 133 Å². The predicted octanol–water partition coefficient (Wildman–Crippen LogP) is 4.21. The van der Waals surface area contributed by atoms with Crippen molar-refractivity contribution in [1.29, 1.82) is 0 Å². The molecule has 0 fully saturated rings. The van der Waals surface area contributed by atoms with E-state index < -0.39 is 12.3 Å². The third kappa shape index (κ3) is 6.52. The smallest absolute Gasteiger partial charge is 0.450 e. The number of hydrogen-bond donors (Lipinski definition) is 4. The van der Waals surface area contributed by atoms with Gasteiger partial charge in [0.2, 0.25) is 0 Å². The first-order chi connectivity index (χ1) is 10.9. The number of carboxylic acid groups (broad SMARTS) is 4. The van der Waals surface area contributed by atoms with Crippen LogP contribution in [0.2, 0.25) is 0 Å². The molecule has 0 bridgehead atoms. The lowest BCUT2D eigenvalue weighted by molar-refractivity contribution is 0.135. The van der Waals surface area contributed by atoms with Gasteiger partial charge in [0, 0.05) is 5.92 Å². The van der Waals surface area contributed by atoms with Crippen LogP contribution in [0.15, 0.2) is 54.6 Å². The first-order valence-electron chi connectivity index (χ1n) is 6.88. The van der Waals surface area contributed by atoms with E-state index in [2.05, 4.69) is 54.6 Å². The normalized spacial score (nSPS) is 14.3. The molecule has 3 rings (SSSR count). The average Bonchev–Trinajstić information content (AvgIpc) is 2.91. The second-order valence-electron chi connectivity index (χ2n) is 4.77. The zero-order valence-electron chi connectivity index (χ0n) is 12.3. The minimum atomic E-state index is -1.83.